The molecule has 0 spiro atoms. The van der Waals surface area contributed by atoms with Crippen molar-refractivity contribution in [3.8, 4) is 140 Å². The maximum absolute atomic E-state index is 12.4. The topological polar surface area (TPSA) is 374 Å². The minimum absolute atomic E-state index is 0.0859. The summed E-state index contributed by atoms with van der Waals surface area (Å²) in [5.41, 5.74) is 16.6. The van der Waals surface area contributed by atoms with Gasteiger partial charge in [-0.3, -0.25) is 0 Å². The Morgan fingerprint density at radius 2 is 0.592 bits per heavy atom. The number of rotatable bonds is 23. The first-order valence-electron chi connectivity index (χ1n) is 42.8. The van der Waals surface area contributed by atoms with Crippen molar-refractivity contribution in [1.82, 2.24) is 96.5 Å². The minimum atomic E-state index is -1.12. The highest BCUT2D eigenvalue weighted by atomic mass is 35.5. The average Bonchev–Trinajstić information content (AvgIpc) is 1.65. The first-order chi connectivity index (χ1) is 68.8. The van der Waals surface area contributed by atoms with Crippen molar-refractivity contribution in [3.63, 3.8) is 0 Å². The number of para-hydroxylation sites is 5. The summed E-state index contributed by atoms with van der Waals surface area (Å²) >= 11 is 38.0. The van der Waals surface area contributed by atoms with E-state index < -0.39 is 29.8 Å². The number of carbonyl (C=O) groups excluding carboxylic acids is 4. The van der Waals surface area contributed by atoms with E-state index >= 15 is 0 Å². The molecule has 41 heteroatoms. The van der Waals surface area contributed by atoms with Crippen molar-refractivity contribution in [2.24, 2.45) is 0 Å². The van der Waals surface area contributed by atoms with E-state index in [2.05, 4.69) is 73.1 Å². The van der Waals surface area contributed by atoms with Gasteiger partial charge in [0.2, 0.25) is 5.82 Å². The van der Waals surface area contributed by atoms with Crippen LogP contribution >= 0.6 is 116 Å². The molecule has 1 N–H and O–H groups in total. The number of aromatic nitrogens is 20. The van der Waals surface area contributed by atoms with Gasteiger partial charge in [0.15, 0.2) is 71.8 Å². The lowest BCUT2D eigenvalue weighted by atomic mass is 10.1. The van der Waals surface area contributed by atoms with E-state index in [1.54, 1.807) is 93.8 Å². The second kappa shape index (κ2) is 45.8. The number of hydrogen-bond acceptors (Lipinski definition) is 30. The zero-order valence-electron chi connectivity index (χ0n) is 76.3. The molecule has 31 nitrogen and oxygen atoms in total. The molecule has 0 aliphatic rings. The van der Waals surface area contributed by atoms with E-state index in [1.165, 1.54) is 93.6 Å². The lowest BCUT2D eigenvalue weighted by molar-refractivity contribution is 0.0515. The van der Waals surface area contributed by atoms with Gasteiger partial charge in [0.1, 0.15) is 34.4 Å². The van der Waals surface area contributed by atoms with Crippen LogP contribution in [0.3, 0.4) is 0 Å². The number of esters is 4. The number of carboxylic acids is 1. The molecule has 0 bridgehead atoms. The summed E-state index contributed by atoms with van der Waals surface area (Å²) in [6.07, 6.45) is 1.86. The molecule has 0 saturated carbocycles. The number of benzene rings is 10. The Morgan fingerprint density at radius 1 is 0.331 bits per heavy atom. The first kappa shape index (κ1) is 99.8. The molecule has 10 heterocycles. The fraction of sp³-hybridized carbons (Fsp3) is 0.109. The van der Waals surface area contributed by atoms with Crippen molar-refractivity contribution in [3.05, 3.63) is 354 Å². The molecule has 0 fully saturated rings. The third kappa shape index (κ3) is 23.4. The Balaban J connectivity index is 0.000000128. The van der Waals surface area contributed by atoms with Crippen LogP contribution in [0.4, 0.5) is 0 Å². The molecule has 142 heavy (non-hydrogen) atoms. The highest BCUT2D eigenvalue weighted by molar-refractivity contribution is 7.98. The smallest absolute Gasteiger partial charge is 0.359 e. The number of thioether (sulfide) groups is 1. The van der Waals surface area contributed by atoms with Crippen LogP contribution in [0, 0.1) is 34.6 Å². The number of aromatic carboxylic acids is 1. The van der Waals surface area contributed by atoms with E-state index in [0.717, 1.165) is 55.6 Å². The molecule has 0 aliphatic carbocycles. The number of ether oxygens (including phenoxy) is 4. The quantitative estimate of drug-likeness (QED) is 0.0353. The van der Waals surface area contributed by atoms with Crippen LogP contribution in [-0.4, -0.2) is 164 Å². The summed E-state index contributed by atoms with van der Waals surface area (Å²) in [5, 5.41) is 40.1. The second-order valence-corrected chi connectivity index (χ2v) is 36.6. The van der Waals surface area contributed by atoms with Crippen LogP contribution in [0.15, 0.2) is 278 Å². The predicted molar refractivity (Wildman–Crippen MR) is 552 cm³/mol. The van der Waals surface area contributed by atoms with E-state index in [4.69, 9.17) is 81.5 Å². The summed E-state index contributed by atoms with van der Waals surface area (Å²) in [6.45, 7) is 12.1. The monoisotopic (exact) mass is 2080 g/mol. The van der Waals surface area contributed by atoms with Crippen LogP contribution in [-0.2, 0) is 18.9 Å². The third-order valence-corrected chi connectivity index (χ3v) is 25.5. The van der Waals surface area contributed by atoms with Crippen molar-refractivity contribution in [1.29, 1.82) is 0 Å². The normalized spacial score (nSPS) is 10.9. The number of nitrogens with zero attached hydrogens (tertiary/aromatic N) is 20. The number of methoxy groups -OCH3 is 2. The Hall–Kier alpha value is -15.2. The van der Waals surface area contributed by atoms with Gasteiger partial charge in [-0.15, -0.1) is 11.8 Å². The van der Waals surface area contributed by atoms with Crippen molar-refractivity contribution < 1.29 is 52.5 Å². The van der Waals surface area contributed by atoms with Crippen molar-refractivity contribution in [2.75, 3.05) is 33.0 Å². The standard InChI is InChI=1S/C21H17ClN4O2S2.C21H17ClN4O2S.C20H15ClN4O3.C20H15ClN4O2S.C19H13ClN4O2S/c1-13-6-5-7-14(10-13)19-23-20(30-25-19)18-11-16(21(27)28-12-29-2)24-26(18)17-9-4-3-8-15(17)22;1-3-28-21(27)16-12-18(26(24-16)17-10-5-4-9-15(17)22)20-23-19(25-29-20)14-8-6-7-13(2)11-14;2*1-12-6-5-7-13(10-12)18-22-19(28-24-18)17-11-15(20(26)27-2)23-25(17)16-9-4-3-8-14(16)21;1-11-5-4-6-12(9-11)17-21-18(27-23-17)16-10-14(19(25)26)22-24(16)15-8-3-2-7-13(15)20/h3-11H,12H2,1-2H3;4-12H,3H2,1-2H3;2*3-11H,1-2H3;2-10H,1H3,(H,25,26). The van der Waals surface area contributed by atoms with E-state index in [-0.39, 0.29) is 46.9 Å². The molecule has 0 unspecified atom stereocenters. The van der Waals surface area contributed by atoms with Crippen LogP contribution in [0.5, 0.6) is 0 Å². The van der Waals surface area contributed by atoms with Crippen LogP contribution in [0.25, 0.3) is 140 Å². The summed E-state index contributed by atoms with van der Waals surface area (Å²) in [6, 6.07) is 83.6. The highest BCUT2D eigenvalue weighted by Crippen LogP contribution is 2.39. The Kier molecular flexibility index (Phi) is 32.2. The molecule has 20 aromatic rings. The van der Waals surface area contributed by atoms with Gasteiger partial charge in [0.05, 0.1) is 74.4 Å². The zero-order valence-corrected chi connectivity index (χ0v) is 84.2. The molecule has 0 aliphatic heterocycles. The summed E-state index contributed by atoms with van der Waals surface area (Å²) < 4.78 is 51.1. The Labute approximate surface area is 856 Å². The molecule has 0 atom stereocenters. The van der Waals surface area contributed by atoms with Gasteiger partial charge in [-0.1, -0.05) is 243 Å². The van der Waals surface area contributed by atoms with Crippen LogP contribution in [0.1, 0.15) is 87.2 Å². The highest BCUT2D eigenvalue weighted by Gasteiger charge is 2.29. The number of carboxylic acid groups (broad SMARTS) is 1. The largest absolute Gasteiger partial charge is 0.476 e. The summed E-state index contributed by atoms with van der Waals surface area (Å²) in [7, 11) is 2.61. The molecule has 712 valence electrons. The Bertz CT molecular complexity index is 7830. The van der Waals surface area contributed by atoms with Gasteiger partial charge in [-0.25, -0.2) is 67.3 Å². The Morgan fingerprint density at radius 3 is 0.866 bits per heavy atom. The molecule has 0 radical (unpaired) electrons. The van der Waals surface area contributed by atoms with Gasteiger partial charge >= 0.3 is 29.8 Å². The van der Waals surface area contributed by atoms with E-state index in [1.807, 2.05) is 229 Å². The lowest BCUT2D eigenvalue weighted by Gasteiger charge is -2.07. The van der Waals surface area contributed by atoms with Crippen molar-refractivity contribution >= 4 is 146 Å². The molecule has 20 rings (SSSR count). The number of aryl methyl sites for hydroxylation is 5. The van der Waals surface area contributed by atoms with E-state index in [9.17, 15) is 29.1 Å². The van der Waals surface area contributed by atoms with Gasteiger partial charge in [0, 0.05) is 58.1 Å². The molecule has 10 aromatic carbocycles. The van der Waals surface area contributed by atoms with Crippen LogP contribution < -0.4 is 0 Å². The summed E-state index contributed by atoms with van der Waals surface area (Å²) in [4.78, 5) is 83.2. The van der Waals surface area contributed by atoms with Crippen LogP contribution in [0.2, 0.25) is 25.1 Å². The van der Waals surface area contributed by atoms with Gasteiger partial charge < -0.3 is 28.6 Å². The number of halogens is 5. The van der Waals surface area contributed by atoms with Crippen molar-refractivity contribution in [2.45, 2.75) is 41.5 Å². The third-order valence-electron chi connectivity index (χ3n) is 20.6. The fourth-order valence-electron chi connectivity index (χ4n) is 14.0. The SMILES string of the molecule is CCOC(=O)c1cc(-c2nc(-c3cccc(C)c3)ns2)n(-c2ccccc2Cl)n1.COC(=O)c1cc(-c2nc(-c3cccc(C)c3)no2)n(-c2ccccc2Cl)n1.COC(=O)c1cc(-c2nc(-c3cccc(C)c3)ns2)n(-c2ccccc2Cl)n1.CSCOC(=O)c1cc(-c2nc(-c3cccc(C)c3)ns2)n(-c2ccccc2Cl)n1.Cc1cccc(-c2nsc(-c3cc(C(=O)O)nn3-c3ccccc3Cl)n2)c1. The maximum Gasteiger partial charge on any atom is 0.359 e. The molecule has 0 saturated heterocycles. The van der Waals surface area contributed by atoms with E-state index in [0.29, 0.717) is 131 Å². The maximum atomic E-state index is 12.4. The first-order valence-corrected chi connectivity index (χ1v) is 49.2. The molecule has 10 aromatic heterocycles. The van der Waals surface area contributed by atoms with Gasteiger partial charge in [0.25, 0.3) is 5.89 Å². The van der Waals surface area contributed by atoms with Gasteiger partial charge in [-0.2, -0.15) is 48.0 Å². The number of carbonyl (C=O) groups is 5. The molecular weight excluding hydrogens is 2010 g/mol. The number of hydrogen-bond donors (Lipinski definition) is 1. The second-order valence-electron chi connectivity index (χ2n) is 30.7. The lowest BCUT2D eigenvalue weighted by Crippen LogP contribution is -2.07. The van der Waals surface area contributed by atoms with Gasteiger partial charge in [-0.05, 0) is 185 Å². The molecular formula is C101H77Cl5N20O11S5. The fourth-order valence-corrected chi connectivity index (χ4v) is 18.0. The average molecular weight is 2080 g/mol. The predicted octanol–water partition coefficient (Wildman–Crippen LogP) is 24.6. The summed E-state index contributed by atoms with van der Waals surface area (Å²) in [5.74, 6) is 0.121. The minimum Gasteiger partial charge on any atom is -0.476 e. The molecule has 0 amide bonds. The zero-order chi connectivity index (χ0) is 99.8.